The van der Waals surface area contributed by atoms with Gasteiger partial charge in [-0.25, -0.2) is 4.79 Å². The van der Waals surface area contributed by atoms with E-state index >= 15 is 0 Å². The molecule has 1 atom stereocenters. The van der Waals surface area contributed by atoms with Gasteiger partial charge in [-0.15, -0.1) is 0 Å². The Morgan fingerprint density at radius 1 is 1.09 bits per heavy atom. The Balaban J connectivity index is 1.82. The number of carbonyl (C=O) groups excluding carboxylic acids is 2. The maximum Gasteiger partial charge on any atom is 0.319 e. The van der Waals surface area contributed by atoms with Crippen molar-refractivity contribution in [3.63, 3.8) is 0 Å². The van der Waals surface area contributed by atoms with E-state index in [-0.39, 0.29) is 24.5 Å². The molecule has 2 amide bonds. The maximum absolute atomic E-state index is 12.7. The van der Waals surface area contributed by atoms with E-state index in [1.165, 1.54) is 23.9 Å². The number of aryl methyl sites for hydroxylation is 2. The molecule has 3 N–H and O–H groups in total. The minimum absolute atomic E-state index is 0.145. The molecule has 0 aliphatic heterocycles. The van der Waals surface area contributed by atoms with Crippen LogP contribution in [0.15, 0.2) is 65.6 Å². The van der Waals surface area contributed by atoms with Gasteiger partial charge in [0.2, 0.25) is 0 Å². The summed E-state index contributed by atoms with van der Waals surface area (Å²) in [6.07, 6.45) is 1.23. The molecule has 3 aromatic rings. The molecule has 0 aliphatic rings. The molecule has 0 saturated carbocycles. The molecule has 0 radical (unpaired) electrons. The van der Waals surface area contributed by atoms with Gasteiger partial charge < -0.3 is 29.8 Å². The SMILES string of the molecule is CCOC(=O)CC(NC(=O)Nc1c(O)ccn(C)c1=O)c1cccc(Oc2ccc(C)cc2)c1. The standard InChI is InChI=1S/C25H27N3O6/c1-4-33-22(30)15-20(26-25(32)27-23-21(29)12-13-28(3)24(23)31)17-6-5-7-19(14-17)34-18-10-8-16(2)9-11-18/h5-14,20,29H,4,15H2,1-3H3,(H2,26,27,32). The minimum atomic E-state index is -0.782. The number of carbonyl (C=O) groups is 2. The summed E-state index contributed by atoms with van der Waals surface area (Å²) in [5, 5.41) is 15.0. The number of nitrogens with zero attached hydrogens (tertiary/aromatic N) is 1. The van der Waals surface area contributed by atoms with Crippen molar-refractivity contribution in [2.75, 3.05) is 11.9 Å². The van der Waals surface area contributed by atoms with Crippen molar-refractivity contribution in [1.82, 2.24) is 9.88 Å². The van der Waals surface area contributed by atoms with E-state index in [2.05, 4.69) is 10.6 Å². The number of benzene rings is 2. The lowest BCUT2D eigenvalue weighted by Crippen LogP contribution is -2.36. The minimum Gasteiger partial charge on any atom is -0.505 e. The lowest BCUT2D eigenvalue weighted by molar-refractivity contribution is -0.143. The fourth-order valence-corrected chi connectivity index (χ4v) is 3.22. The van der Waals surface area contributed by atoms with Crippen LogP contribution in [0, 0.1) is 6.92 Å². The van der Waals surface area contributed by atoms with Crippen LogP contribution in [0.5, 0.6) is 17.2 Å². The molecule has 9 nitrogen and oxygen atoms in total. The molecule has 1 heterocycles. The summed E-state index contributed by atoms with van der Waals surface area (Å²) in [7, 11) is 1.49. The first kappa shape index (κ1) is 24.4. The zero-order valence-electron chi connectivity index (χ0n) is 19.2. The van der Waals surface area contributed by atoms with E-state index in [1.54, 1.807) is 31.2 Å². The first-order chi connectivity index (χ1) is 16.3. The summed E-state index contributed by atoms with van der Waals surface area (Å²) in [6, 6.07) is 14.2. The maximum atomic E-state index is 12.7. The smallest absolute Gasteiger partial charge is 0.319 e. The number of hydrogen-bond donors (Lipinski definition) is 3. The van der Waals surface area contributed by atoms with Crippen LogP contribution in [0.3, 0.4) is 0 Å². The number of rotatable bonds is 8. The summed E-state index contributed by atoms with van der Waals surface area (Å²) >= 11 is 0. The molecule has 1 unspecified atom stereocenters. The second-order valence-electron chi connectivity index (χ2n) is 7.64. The number of esters is 1. The second kappa shape index (κ2) is 11.0. The number of urea groups is 1. The topological polar surface area (TPSA) is 119 Å². The fourth-order valence-electron chi connectivity index (χ4n) is 3.22. The van der Waals surface area contributed by atoms with Gasteiger partial charge in [0, 0.05) is 13.2 Å². The number of hydrogen-bond acceptors (Lipinski definition) is 6. The third kappa shape index (κ3) is 6.38. The van der Waals surface area contributed by atoms with Crippen molar-refractivity contribution in [3.8, 4) is 17.2 Å². The molecule has 0 aliphatic carbocycles. The van der Waals surface area contributed by atoms with E-state index in [9.17, 15) is 19.5 Å². The van der Waals surface area contributed by atoms with Crippen LogP contribution in [-0.4, -0.2) is 28.3 Å². The number of anilines is 1. The Morgan fingerprint density at radius 2 is 1.82 bits per heavy atom. The molecular formula is C25H27N3O6. The van der Waals surface area contributed by atoms with Gasteiger partial charge in [0.1, 0.15) is 17.2 Å². The summed E-state index contributed by atoms with van der Waals surface area (Å²) in [5.41, 5.74) is 0.850. The van der Waals surface area contributed by atoms with Crippen molar-refractivity contribution >= 4 is 17.7 Å². The van der Waals surface area contributed by atoms with Crippen LogP contribution in [0.25, 0.3) is 0 Å². The van der Waals surface area contributed by atoms with Gasteiger partial charge in [0.25, 0.3) is 5.56 Å². The highest BCUT2D eigenvalue weighted by Crippen LogP contribution is 2.27. The highest BCUT2D eigenvalue weighted by molar-refractivity contribution is 5.91. The van der Waals surface area contributed by atoms with Gasteiger partial charge >= 0.3 is 12.0 Å². The first-order valence-electron chi connectivity index (χ1n) is 10.7. The second-order valence-corrected chi connectivity index (χ2v) is 7.64. The Kier molecular flexibility index (Phi) is 7.92. The average Bonchev–Trinajstić information content (AvgIpc) is 2.81. The normalized spacial score (nSPS) is 11.4. The van der Waals surface area contributed by atoms with E-state index < -0.39 is 23.6 Å². The lowest BCUT2D eigenvalue weighted by atomic mass is 10.0. The quantitative estimate of drug-likeness (QED) is 0.433. The van der Waals surface area contributed by atoms with Crippen LogP contribution in [0.2, 0.25) is 0 Å². The molecule has 0 fully saturated rings. The number of pyridine rings is 1. The molecule has 0 bridgehead atoms. The zero-order valence-corrected chi connectivity index (χ0v) is 19.2. The Hall–Kier alpha value is -4.27. The van der Waals surface area contributed by atoms with Crippen LogP contribution >= 0.6 is 0 Å². The Bertz CT molecular complexity index is 1220. The van der Waals surface area contributed by atoms with Crippen molar-refractivity contribution in [1.29, 1.82) is 0 Å². The van der Waals surface area contributed by atoms with Crippen molar-refractivity contribution in [2.24, 2.45) is 7.05 Å². The van der Waals surface area contributed by atoms with Crippen molar-refractivity contribution < 1.29 is 24.2 Å². The molecule has 2 aromatic carbocycles. The molecule has 34 heavy (non-hydrogen) atoms. The summed E-state index contributed by atoms with van der Waals surface area (Å²) < 4.78 is 12.2. The number of amides is 2. The number of nitrogens with one attached hydrogen (secondary N) is 2. The molecule has 1 aromatic heterocycles. The lowest BCUT2D eigenvalue weighted by Gasteiger charge is -2.20. The Morgan fingerprint density at radius 3 is 2.53 bits per heavy atom. The Labute approximate surface area is 197 Å². The van der Waals surface area contributed by atoms with Crippen LogP contribution in [0.1, 0.15) is 30.5 Å². The highest BCUT2D eigenvalue weighted by atomic mass is 16.5. The molecule has 3 rings (SSSR count). The zero-order chi connectivity index (χ0) is 24.7. The van der Waals surface area contributed by atoms with Crippen molar-refractivity contribution in [2.45, 2.75) is 26.3 Å². The van der Waals surface area contributed by atoms with Gasteiger partial charge in [-0.3, -0.25) is 9.59 Å². The van der Waals surface area contributed by atoms with Crippen molar-refractivity contribution in [3.05, 3.63) is 82.3 Å². The first-order valence-corrected chi connectivity index (χ1v) is 10.7. The molecule has 9 heteroatoms. The summed E-state index contributed by atoms with van der Waals surface area (Å²) in [4.78, 5) is 37.2. The van der Waals surface area contributed by atoms with Crippen LogP contribution in [0.4, 0.5) is 10.5 Å². The van der Waals surface area contributed by atoms with E-state index in [0.717, 1.165) is 5.56 Å². The predicted octanol–water partition coefficient (Wildman–Crippen LogP) is 4.01. The van der Waals surface area contributed by atoms with E-state index in [0.29, 0.717) is 17.1 Å². The van der Waals surface area contributed by atoms with Crippen LogP contribution < -0.4 is 20.9 Å². The molecule has 0 saturated heterocycles. The third-order valence-corrected chi connectivity index (χ3v) is 4.98. The van der Waals surface area contributed by atoms with Gasteiger partial charge in [0.05, 0.1) is 19.1 Å². The highest BCUT2D eigenvalue weighted by Gasteiger charge is 2.21. The van der Waals surface area contributed by atoms with E-state index in [1.807, 2.05) is 31.2 Å². The predicted molar refractivity (Wildman–Crippen MR) is 127 cm³/mol. The van der Waals surface area contributed by atoms with Crippen LogP contribution in [-0.2, 0) is 16.6 Å². The molecule has 178 valence electrons. The van der Waals surface area contributed by atoms with Gasteiger partial charge in [0.15, 0.2) is 5.69 Å². The average molecular weight is 466 g/mol. The molecule has 0 spiro atoms. The number of aromatic nitrogens is 1. The van der Waals surface area contributed by atoms with Gasteiger partial charge in [-0.1, -0.05) is 29.8 Å². The largest absolute Gasteiger partial charge is 0.505 e. The summed E-state index contributed by atoms with van der Waals surface area (Å²) in [6.45, 7) is 3.87. The molecular weight excluding hydrogens is 438 g/mol. The summed E-state index contributed by atoms with van der Waals surface area (Å²) in [5.74, 6) is 0.294. The monoisotopic (exact) mass is 465 g/mol. The van der Waals surface area contributed by atoms with Gasteiger partial charge in [-0.05, 0) is 49.7 Å². The number of ether oxygens (including phenoxy) is 2. The number of aromatic hydroxyl groups is 1. The third-order valence-electron chi connectivity index (χ3n) is 4.98. The van der Waals surface area contributed by atoms with Gasteiger partial charge in [-0.2, -0.15) is 0 Å². The fraction of sp³-hybridized carbons (Fsp3) is 0.240. The van der Waals surface area contributed by atoms with E-state index in [4.69, 9.17) is 9.47 Å².